The number of para-hydroxylation sites is 1. The number of hydrogen-bond donors (Lipinski definition) is 1. The van der Waals surface area contributed by atoms with Crippen LogP contribution in [0.4, 0.5) is 11.4 Å². The predicted octanol–water partition coefficient (Wildman–Crippen LogP) is 2.47. The monoisotopic (exact) mass is 268 g/mol. The quantitative estimate of drug-likeness (QED) is 0.784. The highest BCUT2D eigenvalue weighted by atomic mass is 79.9. The van der Waals surface area contributed by atoms with Crippen molar-refractivity contribution in [3.63, 3.8) is 0 Å². The summed E-state index contributed by atoms with van der Waals surface area (Å²) in [4.78, 5) is 13.8. The number of benzene rings is 1. The van der Waals surface area contributed by atoms with Gasteiger partial charge in [0.1, 0.15) is 0 Å². The molecule has 4 heteroatoms. The van der Waals surface area contributed by atoms with Crippen LogP contribution in [0.3, 0.4) is 0 Å². The summed E-state index contributed by atoms with van der Waals surface area (Å²) in [5.74, 6) is 0.0907. The number of carbonyl (C=O) groups excluding carboxylic acids is 1. The molecule has 1 amide bonds. The zero-order valence-corrected chi connectivity index (χ0v) is 10.3. The van der Waals surface area contributed by atoms with E-state index in [4.69, 9.17) is 0 Å². The Hall–Kier alpha value is -1.03. The summed E-state index contributed by atoms with van der Waals surface area (Å²) in [7, 11) is 2.00. The average molecular weight is 269 g/mol. The molecule has 15 heavy (non-hydrogen) atoms. The molecule has 1 aliphatic heterocycles. The van der Waals surface area contributed by atoms with Crippen LogP contribution >= 0.6 is 15.9 Å². The van der Waals surface area contributed by atoms with Crippen molar-refractivity contribution in [2.24, 2.45) is 5.92 Å². The second-order valence-corrected chi connectivity index (χ2v) is 4.76. The molecule has 3 nitrogen and oxygen atoms in total. The molecule has 0 fully saturated rings. The maximum atomic E-state index is 11.7. The van der Waals surface area contributed by atoms with Gasteiger partial charge in [0.25, 0.3) is 0 Å². The van der Waals surface area contributed by atoms with E-state index in [2.05, 4.69) is 26.1 Å². The van der Waals surface area contributed by atoms with Crippen molar-refractivity contribution in [2.45, 2.75) is 6.92 Å². The number of halogens is 1. The van der Waals surface area contributed by atoms with Crippen molar-refractivity contribution in [1.82, 2.24) is 0 Å². The number of nitrogens with zero attached hydrogens (tertiary/aromatic N) is 1. The molecule has 80 valence electrons. The fourth-order valence-electron chi connectivity index (χ4n) is 1.85. The van der Waals surface area contributed by atoms with E-state index in [1.165, 1.54) is 0 Å². The van der Waals surface area contributed by atoms with Gasteiger partial charge in [0, 0.05) is 18.1 Å². The van der Waals surface area contributed by atoms with Gasteiger partial charge in [-0.1, -0.05) is 13.0 Å². The van der Waals surface area contributed by atoms with Crippen LogP contribution in [0.1, 0.15) is 6.92 Å². The number of hydrogen-bond acceptors (Lipinski definition) is 2. The fraction of sp³-hybridized carbons (Fsp3) is 0.364. The first-order valence-corrected chi connectivity index (χ1v) is 5.69. The molecule has 0 aromatic heterocycles. The van der Waals surface area contributed by atoms with E-state index in [-0.39, 0.29) is 11.8 Å². The molecule has 1 aromatic carbocycles. The van der Waals surface area contributed by atoms with Gasteiger partial charge in [0.15, 0.2) is 0 Å². The summed E-state index contributed by atoms with van der Waals surface area (Å²) in [5, 5.41) is 2.93. The summed E-state index contributed by atoms with van der Waals surface area (Å²) in [6.07, 6.45) is 0. The van der Waals surface area contributed by atoms with Gasteiger partial charge >= 0.3 is 0 Å². The molecule has 1 N–H and O–H groups in total. The van der Waals surface area contributed by atoms with Crippen LogP contribution in [-0.4, -0.2) is 19.5 Å². The van der Waals surface area contributed by atoms with Gasteiger partial charge in [-0.3, -0.25) is 4.79 Å². The highest BCUT2D eigenvalue weighted by Gasteiger charge is 2.23. The van der Waals surface area contributed by atoms with E-state index in [0.29, 0.717) is 0 Å². The lowest BCUT2D eigenvalue weighted by molar-refractivity contribution is -0.119. The molecule has 0 saturated heterocycles. The lowest BCUT2D eigenvalue weighted by Gasteiger charge is -2.21. The molecular formula is C11H13BrN2O. The highest BCUT2D eigenvalue weighted by Crippen LogP contribution is 2.35. The summed E-state index contributed by atoms with van der Waals surface area (Å²) in [6.45, 7) is 2.67. The van der Waals surface area contributed by atoms with Gasteiger partial charge in [-0.25, -0.2) is 0 Å². The number of rotatable bonds is 0. The maximum Gasteiger partial charge on any atom is 0.229 e. The number of anilines is 2. The summed E-state index contributed by atoms with van der Waals surface area (Å²) in [6, 6.07) is 5.83. The molecule has 0 radical (unpaired) electrons. The van der Waals surface area contributed by atoms with E-state index >= 15 is 0 Å². The van der Waals surface area contributed by atoms with E-state index in [1.807, 2.05) is 32.2 Å². The lowest BCUT2D eigenvalue weighted by Crippen LogP contribution is -2.27. The number of fused-ring (bicyclic) bond motifs is 1. The van der Waals surface area contributed by atoms with Crippen LogP contribution in [0.25, 0.3) is 0 Å². The minimum Gasteiger partial charge on any atom is -0.371 e. The Kier molecular flexibility index (Phi) is 2.69. The predicted molar refractivity (Wildman–Crippen MR) is 65.2 cm³/mol. The third-order valence-electron chi connectivity index (χ3n) is 2.62. The molecule has 1 aromatic rings. The molecule has 0 saturated carbocycles. The number of amides is 1. The Bertz CT molecular complexity index is 406. The van der Waals surface area contributed by atoms with Crippen LogP contribution in [0.15, 0.2) is 22.7 Å². The van der Waals surface area contributed by atoms with Crippen molar-refractivity contribution in [1.29, 1.82) is 0 Å². The molecule has 1 unspecified atom stereocenters. The Labute approximate surface area is 97.6 Å². The number of carbonyl (C=O) groups is 1. The summed E-state index contributed by atoms with van der Waals surface area (Å²) in [5.41, 5.74) is 1.93. The zero-order valence-electron chi connectivity index (χ0n) is 8.75. The largest absolute Gasteiger partial charge is 0.371 e. The molecule has 1 heterocycles. The third-order valence-corrected chi connectivity index (χ3v) is 3.26. The number of nitrogens with one attached hydrogen (secondary N) is 1. The second-order valence-electron chi connectivity index (χ2n) is 3.91. The van der Waals surface area contributed by atoms with Crippen molar-refractivity contribution >= 4 is 33.2 Å². The Balaban J connectivity index is 2.51. The smallest absolute Gasteiger partial charge is 0.229 e. The van der Waals surface area contributed by atoms with Crippen LogP contribution in [0.5, 0.6) is 0 Å². The third kappa shape index (κ3) is 1.86. The SMILES string of the molecule is CC1CN(C)c2c(Br)cccc2NC1=O. The van der Waals surface area contributed by atoms with E-state index in [9.17, 15) is 4.79 Å². The van der Waals surface area contributed by atoms with Gasteiger partial charge in [-0.05, 0) is 28.1 Å². The van der Waals surface area contributed by atoms with Gasteiger partial charge < -0.3 is 10.2 Å². The topological polar surface area (TPSA) is 32.3 Å². The second kappa shape index (κ2) is 3.85. The molecule has 1 atom stereocenters. The Morgan fingerprint density at radius 2 is 2.27 bits per heavy atom. The van der Waals surface area contributed by atoms with E-state index in [0.717, 1.165) is 22.4 Å². The van der Waals surface area contributed by atoms with Gasteiger partial charge in [0.05, 0.1) is 17.3 Å². The molecular weight excluding hydrogens is 256 g/mol. The van der Waals surface area contributed by atoms with Gasteiger partial charge in [-0.15, -0.1) is 0 Å². The van der Waals surface area contributed by atoms with Crippen molar-refractivity contribution < 1.29 is 4.79 Å². The zero-order chi connectivity index (χ0) is 11.0. The fourth-order valence-corrected chi connectivity index (χ4v) is 2.51. The maximum absolute atomic E-state index is 11.7. The van der Waals surface area contributed by atoms with Gasteiger partial charge in [-0.2, -0.15) is 0 Å². The molecule has 2 rings (SSSR count). The first-order chi connectivity index (χ1) is 7.09. The first-order valence-electron chi connectivity index (χ1n) is 4.90. The Morgan fingerprint density at radius 1 is 1.53 bits per heavy atom. The van der Waals surface area contributed by atoms with Crippen molar-refractivity contribution in [3.05, 3.63) is 22.7 Å². The normalized spacial score (nSPS) is 20.6. The van der Waals surface area contributed by atoms with Gasteiger partial charge in [0.2, 0.25) is 5.91 Å². The van der Waals surface area contributed by atoms with Crippen LogP contribution in [0.2, 0.25) is 0 Å². The molecule has 0 bridgehead atoms. The molecule has 0 aliphatic carbocycles. The van der Waals surface area contributed by atoms with Crippen LogP contribution < -0.4 is 10.2 Å². The molecule has 0 spiro atoms. The first kappa shape index (κ1) is 10.5. The summed E-state index contributed by atoms with van der Waals surface area (Å²) < 4.78 is 1.01. The van der Waals surface area contributed by atoms with E-state index < -0.39 is 0 Å². The minimum absolute atomic E-state index is 0.00861. The summed E-state index contributed by atoms with van der Waals surface area (Å²) >= 11 is 3.50. The van der Waals surface area contributed by atoms with Crippen molar-refractivity contribution in [3.8, 4) is 0 Å². The lowest BCUT2D eigenvalue weighted by atomic mass is 10.1. The Morgan fingerprint density at radius 3 is 3.00 bits per heavy atom. The van der Waals surface area contributed by atoms with E-state index in [1.54, 1.807) is 0 Å². The minimum atomic E-state index is 0.00861. The highest BCUT2D eigenvalue weighted by molar-refractivity contribution is 9.10. The standard InChI is InChI=1S/C11H13BrN2O/c1-7-6-14(2)10-8(12)4-3-5-9(10)13-11(7)15/h3-5,7H,6H2,1-2H3,(H,13,15). The average Bonchev–Trinajstić information content (AvgIpc) is 2.26. The molecule has 1 aliphatic rings. The van der Waals surface area contributed by atoms with Crippen LogP contribution in [0, 0.1) is 5.92 Å². The van der Waals surface area contributed by atoms with Crippen LogP contribution in [-0.2, 0) is 4.79 Å². The van der Waals surface area contributed by atoms with Crippen molar-refractivity contribution in [2.75, 3.05) is 23.8 Å².